The van der Waals surface area contributed by atoms with E-state index in [-0.39, 0.29) is 48.3 Å². The summed E-state index contributed by atoms with van der Waals surface area (Å²) in [6, 6.07) is 9.99. The van der Waals surface area contributed by atoms with Gasteiger partial charge in [-0.15, -0.1) is 24.0 Å². The molecule has 1 aromatic carbocycles. The Bertz CT molecular complexity index is 636. The molecule has 1 fully saturated rings. The number of likely N-dealkylation sites (N-methyl/N-ethyl adjacent to an activating group) is 1. The molecule has 1 saturated heterocycles. The first-order valence-corrected chi connectivity index (χ1v) is 9.01. The van der Waals surface area contributed by atoms with Crippen molar-refractivity contribution < 1.29 is 9.59 Å². The van der Waals surface area contributed by atoms with Crippen molar-refractivity contribution in [3.8, 4) is 0 Å². The van der Waals surface area contributed by atoms with Crippen LogP contribution in [0.25, 0.3) is 0 Å². The lowest BCUT2D eigenvalue weighted by Gasteiger charge is -2.34. The van der Waals surface area contributed by atoms with Gasteiger partial charge in [0.1, 0.15) is 0 Å². The molecule has 0 saturated carbocycles. The number of nitrogens with zero attached hydrogens (tertiary/aromatic N) is 3. The zero-order chi connectivity index (χ0) is 18.9. The molecular formula is C19H30IN5O2. The van der Waals surface area contributed by atoms with Crippen LogP contribution < -0.4 is 11.1 Å². The molecule has 0 bridgehead atoms. The summed E-state index contributed by atoms with van der Waals surface area (Å²) in [4.78, 5) is 31.6. The van der Waals surface area contributed by atoms with Gasteiger partial charge >= 0.3 is 0 Å². The SMILES string of the molecule is CN(C)C(=O)CNC(=NCc1ccccc1)N1CCCC(CC(N)=O)C1.I. The number of nitrogens with one attached hydrogen (secondary N) is 1. The van der Waals surface area contributed by atoms with Crippen LogP contribution in [0.2, 0.25) is 0 Å². The number of guanidine groups is 1. The van der Waals surface area contributed by atoms with Crippen LogP contribution in [-0.4, -0.2) is 61.3 Å². The number of likely N-dealkylation sites (tertiary alicyclic amines) is 1. The van der Waals surface area contributed by atoms with Gasteiger partial charge in [0, 0.05) is 33.6 Å². The molecular weight excluding hydrogens is 457 g/mol. The molecule has 1 aliphatic heterocycles. The van der Waals surface area contributed by atoms with E-state index in [4.69, 9.17) is 10.7 Å². The van der Waals surface area contributed by atoms with Crippen LogP contribution in [-0.2, 0) is 16.1 Å². The van der Waals surface area contributed by atoms with Crippen LogP contribution in [0.15, 0.2) is 35.3 Å². The third kappa shape index (κ3) is 8.15. The van der Waals surface area contributed by atoms with Crippen LogP contribution in [0.3, 0.4) is 0 Å². The summed E-state index contributed by atoms with van der Waals surface area (Å²) in [5.41, 5.74) is 6.47. The molecule has 2 rings (SSSR count). The predicted octanol–water partition coefficient (Wildman–Crippen LogP) is 1.43. The number of piperidine rings is 1. The molecule has 1 aromatic rings. The van der Waals surface area contributed by atoms with Crippen LogP contribution in [0.4, 0.5) is 0 Å². The lowest BCUT2D eigenvalue weighted by molar-refractivity contribution is -0.127. The predicted molar refractivity (Wildman–Crippen MR) is 118 cm³/mol. The molecule has 0 radical (unpaired) electrons. The van der Waals surface area contributed by atoms with E-state index in [1.54, 1.807) is 19.0 Å². The fourth-order valence-corrected chi connectivity index (χ4v) is 3.04. The topological polar surface area (TPSA) is 91.0 Å². The highest BCUT2D eigenvalue weighted by atomic mass is 127. The maximum absolute atomic E-state index is 11.9. The van der Waals surface area contributed by atoms with E-state index in [9.17, 15) is 9.59 Å². The highest BCUT2D eigenvalue weighted by molar-refractivity contribution is 14.0. The molecule has 1 unspecified atom stereocenters. The molecule has 3 N–H and O–H groups in total. The number of nitrogens with two attached hydrogens (primary N) is 1. The average molecular weight is 487 g/mol. The number of hydrogen-bond acceptors (Lipinski definition) is 3. The molecule has 0 aliphatic carbocycles. The number of benzene rings is 1. The van der Waals surface area contributed by atoms with E-state index < -0.39 is 0 Å². The van der Waals surface area contributed by atoms with Crippen molar-refractivity contribution >= 4 is 41.8 Å². The number of amides is 2. The van der Waals surface area contributed by atoms with Gasteiger partial charge in [0.2, 0.25) is 11.8 Å². The summed E-state index contributed by atoms with van der Waals surface area (Å²) < 4.78 is 0. The third-order valence-corrected chi connectivity index (χ3v) is 4.46. The maximum atomic E-state index is 11.9. The van der Waals surface area contributed by atoms with Gasteiger partial charge in [0.25, 0.3) is 0 Å². The number of carbonyl (C=O) groups is 2. The Hall–Kier alpha value is -1.84. The molecule has 8 heteroatoms. The van der Waals surface area contributed by atoms with Gasteiger partial charge in [-0.05, 0) is 24.3 Å². The molecule has 0 aromatic heterocycles. The summed E-state index contributed by atoms with van der Waals surface area (Å²) in [5, 5.41) is 3.18. The first-order valence-electron chi connectivity index (χ1n) is 9.01. The van der Waals surface area contributed by atoms with Crippen LogP contribution in [0.1, 0.15) is 24.8 Å². The lowest BCUT2D eigenvalue weighted by Crippen LogP contribution is -2.49. The highest BCUT2D eigenvalue weighted by Crippen LogP contribution is 2.19. The Morgan fingerprint density at radius 3 is 2.63 bits per heavy atom. The number of aliphatic imine (C=N–C) groups is 1. The van der Waals surface area contributed by atoms with Crippen molar-refractivity contribution in [3.05, 3.63) is 35.9 Å². The summed E-state index contributed by atoms with van der Waals surface area (Å²) in [5.74, 6) is 0.659. The molecule has 150 valence electrons. The normalized spacial score (nSPS) is 17.0. The lowest BCUT2D eigenvalue weighted by atomic mass is 9.95. The first kappa shape index (κ1) is 23.2. The van der Waals surface area contributed by atoms with Crippen molar-refractivity contribution in [2.75, 3.05) is 33.7 Å². The monoisotopic (exact) mass is 487 g/mol. The molecule has 1 heterocycles. The minimum absolute atomic E-state index is 0. The van der Waals surface area contributed by atoms with Crippen molar-refractivity contribution in [2.45, 2.75) is 25.8 Å². The second-order valence-electron chi connectivity index (χ2n) is 6.89. The number of primary amides is 1. The van der Waals surface area contributed by atoms with Gasteiger partial charge in [-0.3, -0.25) is 9.59 Å². The van der Waals surface area contributed by atoms with E-state index >= 15 is 0 Å². The number of hydrogen-bond donors (Lipinski definition) is 2. The summed E-state index contributed by atoms with van der Waals surface area (Å²) in [6.07, 6.45) is 2.35. The van der Waals surface area contributed by atoms with Gasteiger partial charge in [0.15, 0.2) is 5.96 Å². The quantitative estimate of drug-likeness (QED) is 0.361. The molecule has 0 spiro atoms. The summed E-state index contributed by atoms with van der Waals surface area (Å²) >= 11 is 0. The minimum Gasteiger partial charge on any atom is -0.370 e. The number of halogens is 1. The second-order valence-corrected chi connectivity index (χ2v) is 6.89. The van der Waals surface area contributed by atoms with Gasteiger partial charge < -0.3 is 20.9 Å². The largest absolute Gasteiger partial charge is 0.370 e. The zero-order valence-electron chi connectivity index (χ0n) is 16.1. The van der Waals surface area contributed by atoms with E-state index in [1.165, 1.54) is 0 Å². The Labute approximate surface area is 178 Å². The highest BCUT2D eigenvalue weighted by Gasteiger charge is 2.24. The van der Waals surface area contributed by atoms with E-state index in [1.807, 2.05) is 30.3 Å². The van der Waals surface area contributed by atoms with Crippen molar-refractivity contribution in [1.29, 1.82) is 0 Å². The Morgan fingerprint density at radius 1 is 1.30 bits per heavy atom. The smallest absolute Gasteiger partial charge is 0.241 e. The van der Waals surface area contributed by atoms with E-state index in [0.717, 1.165) is 31.5 Å². The average Bonchev–Trinajstić information content (AvgIpc) is 2.62. The fourth-order valence-electron chi connectivity index (χ4n) is 3.04. The summed E-state index contributed by atoms with van der Waals surface area (Å²) in [6.45, 7) is 2.31. The van der Waals surface area contributed by atoms with Gasteiger partial charge in [-0.2, -0.15) is 0 Å². The first-order chi connectivity index (χ1) is 12.5. The number of carbonyl (C=O) groups excluding carboxylic acids is 2. The van der Waals surface area contributed by atoms with Crippen molar-refractivity contribution in [1.82, 2.24) is 15.1 Å². The summed E-state index contributed by atoms with van der Waals surface area (Å²) in [7, 11) is 3.46. The molecule has 2 amide bonds. The van der Waals surface area contributed by atoms with Crippen LogP contribution in [0, 0.1) is 5.92 Å². The maximum Gasteiger partial charge on any atom is 0.241 e. The standard InChI is InChI=1S/C19H29N5O2.HI/c1-23(2)18(26)13-22-19(21-12-15-7-4-3-5-8-15)24-10-6-9-16(14-24)11-17(20)25;/h3-5,7-8,16H,6,9-14H2,1-2H3,(H2,20,25)(H,21,22);1H. The number of rotatable bonds is 6. The van der Waals surface area contributed by atoms with Gasteiger partial charge in [-0.1, -0.05) is 30.3 Å². The fraction of sp³-hybridized carbons (Fsp3) is 0.526. The van der Waals surface area contributed by atoms with Gasteiger partial charge in [-0.25, -0.2) is 4.99 Å². The van der Waals surface area contributed by atoms with Crippen LogP contribution >= 0.6 is 24.0 Å². The molecule has 1 aliphatic rings. The Kier molecular flexibility index (Phi) is 10.1. The van der Waals surface area contributed by atoms with Crippen LogP contribution in [0.5, 0.6) is 0 Å². The Balaban J connectivity index is 0.00000364. The zero-order valence-corrected chi connectivity index (χ0v) is 18.4. The van der Waals surface area contributed by atoms with Crippen molar-refractivity contribution in [2.24, 2.45) is 16.6 Å². The van der Waals surface area contributed by atoms with Gasteiger partial charge in [0.05, 0.1) is 13.1 Å². The molecule has 7 nitrogen and oxygen atoms in total. The van der Waals surface area contributed by atoms with Crippen molar-refractivity contribution in [3.63, 3.8) is 0 Å². The minimum atomic E-state index is -0.268. The van der Waals surface area contributed by atoms with E-state index in [0.29, 0.717) is 18.9 Å². The van der Waals surface area contributed by atoms with E-state index in [2.05, 4.69) is 10.2 Å². The molecule has 27 heavy (non-hydrogen) atoms. The molecule has 1 atom stereocenters. The Morgan fingerprint density at radius 2 is 2.00 bits per heavy atom. The third-order valence-electron chi connectivity index (χ3n) is 4.46. The second kappa shape index (κ2) is 11.8.